The molecule has 4 heterocycles. The lowest BCUT2D eigenvalue weighted by atomic mass is 9.77. The minimum Gasteiger partial charge on any atom is -0.489 e. The van der Waals surface area contributed by atoms with Crippen LogP contribution in [0.1, 0.15) is 141 Å². The first-order valence-corrected chi connectivity index (χ1v) is 26.5. The van der Waals surface area contributed by atoms with Crippen LogP contribution in [0.2, 0.25) is 0 Å². The number of hydrogen-bond acceptors (Lipinski definition) is 11. The van der Waals surface area contributed by atoms with Gasteiger partial charge in [0.15, 0.2) is 5.78 Å². The number of esters is 1. The summed E-state index contributed by atoms with van der Waals surface area (Å²) in [6.07, 6.45) is 14.9. The third-order valence-electron chi connectivity index (χ3n) is 16.2. The maximum absolute atomic E-state index is 15.2. The van der Waals surface area contributed by atoms with Gasteiger partial charge in [0.05, 0.1) is 46.2 Å². The number of benzene rings is 1. The number of hydrogen-bond donors (Lipinski definition) is 1. The predicted molar refractivity (Wildman–Crippen MR) is 247 cm³/mol. The number of aromatic nitrogens is 1. The lowest BCUT2D eigenvalue weighted by molar-refractivity contribution is -0.153. The van der Waals surface area contributed by atoms with Gasteiger partial charge in [0, 0.05) is 31.3 Å². The number of pyridine rings is 1. The molecule has 7 aliphatic rings. The normalized spacial score (nSPS) is 31.3. The van der Waals surface area contributed by atoms with Crippen molar-refractivity contribution in [3.05, 3.63) is 42.5 Å². The van der Waals surface area contributed by atoms with E-state index in [2.05, 4.69) is 29.2 Å². The highest BCUT2D eigenvalue weighted by Crippen LogP contribution is 2.57. The molecule has 1 aromatic heterocycles. The molecule has 3 aliphatic heterocycles. The molecule has 1 unspecified atom stereocenters. The van der Waals surface area contributed by atoms with E-state index in [1.54, 1.807) is 17.9 Å². The van der Waals surface area contributed by atoms with Crippen LogP contribution in [0.15, 0.2) is 36.9 Å². The Bertz CT molecular complexity index is 2250. The lowest BCUT2D eigenvalue weighted by Gasteiger charge is -2.34. The van der Waals surface area contributed by atoms with Crippen LogP contribution in [0, 0.1) is 29.1 Å². The van der Waals surface area contributed by atoms with Gasteiger partial charge >= 0.3 is 5.97 Å². The van der Waals surface area contributed by atoms with Gasteiger partial charge in [0.1, 0.15) is 24.1 Å². The number of para-hydroxylation sites is 1. The van der Waals surface area contributed by atoms with Gasteiger partial charge in [-0.1, -0.05) is 57.2 Å². The smallest absolute Gasteiger partial charge is 0.306 e. The number of ketones is 1. The molecule has 2 saturated heterocycles. The molecule has 7 atom stereocenters. The molecular weight excluding hydrogens is 845 g/mol. The van der Waals surface area contributed by atoms with Crippen molar-refractivity contribution in [1.82, 2.24) is 19.5 Å². The molecule has 2 amide bonds. The summed E-state index contributed by atoms with van der Waals surface area (Å²) < 4.78 is 48.0. The van der Waals surface area contributed by atoms with Gasteiger partial charge in [-0.05, 0) is 120 Å². The van der Waals surface area contributed by atoms with E-state index in [-0.39, 0.29) is 68.0 Å². The summed E-state index contributed by atoms with van der Waals surface area (Å²) in [4.78, 5) is 67.2. The molecule has 65 heavy (non-hydrogen) atoms. The molecule has 354 valence electrons. The molecule has 9 rings (SSSR count). The number of rotatable bonds is 12. The number of carbonyl (C=O) groups excluding carboxylic acids is 4. The number of ether oxygens (including phenoxy) is 3. The summed E-state index contributed by atoms with van der Waals surface area (Å²) in [6.45, 7) is 10.9. The summed E-state index contributed by atoms with van der Waals surface area (Å²) in [5.74, 6) is -1.20. The van der Waals surface area contributed by atoms with Crippen molar-refractivity contribution < 1.29 is 41.8 Å². The monoisotopic (exact) mass is 914 g/mol. The molecule has 1 N–H and O–H groups in total. The van der Waals surface area contributed by atoms with E-state index in [1.165, 1.54) is 0 Å². The third-order valence-corrected chi connectivity index (χ3v) is 18.4. The minimum atomic E-state index is -3.96. The van der Waals surface area contributed by atoms with Crippen molar-refractivity contribution in [2.24, 2.45) is 29.1 Å². The summed E-state index contributed by atoms with van der Waals surface area (Å²) in [7, 11) is -3.96. The van der Waals surface area contributed by atoms with Crippen molar-refractivity contribution in [3.63, 3.8) is 0 Å². The Balaban J connectivity index is 1.06. The highest BCUT2D eigenvalue weighted by atomic mass is 32.2. The van der Waals surface area contributed by atoms with Crippen LogP contribution in [0.4, 0.5) is 0 Å². The van der Waals surface area contributed by atoms with Gasteiger partial charge in [0.2, 0.25) is 27.7 Å². The summed E-state index contributed by atoms with van der Waals surface area (Å²) >= 11 is 0. The van der Waals surface area contributed by atoms with E-state index in [1.807, 2.05) is 18.2 Å². The van der Waals surface area contributed by atoms with E-state index in [9.17, 15) is 22.8 Å². The summed E-state index contributed by atoms with van der Waals surface area (Å²) in [5, 5.41) is 0.935. The Hall–Kier alpha value is -4.04. The number of sulfonamides is 1. The van der Waals surface area contributed by atoms with E-state index in [4.69, 9.17) is 19.2 Å². The fourth-order valence-electron chi connectivity index (χ4n) is 11.5. The molecule has 2 aromatic rings. The van der Waals surface area contributed by atoms with Crippen molar-refractivity contribution in [3.8, 4) is 11.6 Å². The topological polar surface area (TPSA) is 162 Å². The average molecular weight is 915 g/mol. The van der Waals surface area contributed by atoms with Crippen molar-refractivity contribution in [2.45, 2.75) is 171 Å². The number of amides is 2. The van der Waals surface area contributed by atoms with Gasteiger partial charge in [-0.25, -0.2) is 13.4 Å². The quantitative estimate of drug-likeness (QED) is 0.165. The van der Waals surface area contributed by atoms with E-state index >= 15 is 4.79 Å². The van der Waals surface area contributed by atoms with E-state index in [0.29, 0.717) is 31.1 Å². The van der Waals surface area contributed by atoms with Gasteiger partial charge in [-0.2, -0.15) is 0 Å². The lowest BCUT2D eigenvalue weighted by Crippen LogP contribution is -2.48. The number of fused-ring (bicyclic) bond motifs is 5. The van der Waals surface area contributed by atoms with Crippen LogP contribution in [-0.4, -0.2) is 102 Å². The average Bonchev–Trinajstić information content (AvgIpc) is 4.26. The first-order valence-electron chi connectivity index (χ1n) is 25.0. The zero-order valence-electron chi connectivity index (χ0n) is 38.6. The predicted octanol–water partition coefficient (Wildman–Crippen LogP) is 7.62. The molecule has 13 nitrogen and oxygen atoms in total. The van der Waals surface area contributed by atoms with Gasteiger partial charge in [-0.3, -0.25) is 23.9 Å². The Morgan fingerprint density at radius 2 is 1.69 bits per heavy atom. The second-order valence-electron chi connectivity index (χ2n) is 20.9. The van der Waals surface area contributed by atoms with Crippen LogP contribution >= 0.6 is 0 Å². The number of carbonyl (C=O) groups is 4. The number of likely N-dealkylation sites (tertiary alicyclic amines) is 1. The molecule has 2 bridgehead atoms. The van der Waals surface area contributed by atoms with Crippen molar-refractivity contribution >= 4 is 44.5 Å². The van der Waals surface area contributed by atoms with E-state index in [0.717, 1.165) is 125 Å². The zero-order chi connectivity index (χ0) is 45.5. The molecule has 6 fully saturated rings. The van der Waals surface area contributed by atoms with Crippen molar-refractivity contribution in [2.75, 3.05) is 26.2 Å². The van der Waals surface area contributed by atoms with Crippen LogP contribution in [-0.2, 0) is 40.4 Å². The zero-order valence-corrected chi connectivity index (χ0v) is 39.4. The second kappa shape index (κ2) is 18.9. The van der Waals surface area contributed by atoms with Crippen molar-refractivity contribution in [1.29, 1.82) is 0 Å². The maximum Gasteiger partial charge on any atom is 0.306 e. The molecular formula is C51H70N4O9S. The Labute approximate surface area is 385 Å². The third kappa shape index (κ3) is 9.86. The van der Waals surface area contributed by atoms with Crippen LogP contribution in [0.25, 0.3) is 10.9 Å². The fraction of sp³-hybridized carbons (Fsp3) is 0.706. The molecule has 0 radical (unpaired) electrons. The fourth-order valence-corrected chi connectivity index (χ4v) is 12.9. The van der Waals surface area contributed by atoms with Crippen LogP contribution < -0.4 is 14.2 Å². The number of Topliss-reactive ketones (excluding diaryl/α,β-unsaturated/α-hetero) is 1. The standard InChI is InChI=1S/C51H70N4O9S/c1-4-24-54-25-20-36(21-26-54)62-46-38-17-12-13-19-41(38)52-47-39(46)18-11-7-10-16-34-27-44(34)64-45(57)29-40(33-14-8-6-9-15-33)48(58)55-32-37(63-47)28-42(55)43(56)31-51(30-35(51)5-2)49(59)53-65(60,61)50(3)22-23-50/h5,12-13,17,19,33-37,40,42,44H,2,4,6-11,14-16,18,20-32H2,1,3H3,(H,53,59)/t34-,35-,37-,40+,42+,44-,51?/m1/s1. The summed E-state index contributed by atoms with van der Waals surface area (Å²) in [5.41, 5.74) is 0.351. The molecule has 14 heteroatoms. The highest BCUT2D eigenvalue weighted by molar-refractivity contribution is 7.91. The SMILES string of the molecule is C=C[C@@H]1CC1(CC(=O)[C@@H]1C[C@@H]2CN1C(=O)[C@H](C1CCCCC1)CC(=O)O[C@@H]1C[C@H]1CCCCCc1c(nc3ccccc3c1OC1CCN(CCC)CC1)O2)C(=O)NS(=O)(=O)C1(C)CC1. The number of nitrogens with one attached hydrogen (secondary N) is 1. The first kappa shape index (κ1) is 46.1. The Morgan fingerprint density at radius 3 is 2.40 bits per heavy atom. The largest absolute Gasteiger partial charge is 0.489 e. The second-order valence-corrected chi connectivity index (χ2v) is 23.1. The Morgan fingerprint density at radius 1 is 0.969 bits per heavy atom. The van der Waals surface area contributed by atoms with Gasteiger partial charge in [-0.15, -0.1) is 6.58 Å². The molecule has 1 aromatic carbocycles. The number of piperidine rings is 1. The van der Waals surface area contributed by atoms with Gasteiger partial charge in [0.25, 0.3) is 0 Å². The maximum atomic E-state index is 15.2. The number of nitrogens with zero attached hydrogens (tertiary/aromatic N) is 3. The molecule has 0 spiro atoms. The van der Waals surface area contributed by atoms with E-state index < -0.39 is 50.1 Å². The van der Waals surface area contributed by atoms with Crippen LogP contribution in [0.5, 0.6) is 11.6 Å². The molecule has 4 aliphatic carbocycles. The highest BCUT2D eigenvalue weighted by Gasteiger charge is 2.62. The van der Waals surface area contributed by atoms with Crippen LogP contribution in [0.3, 0.4) is 0 Å². The summed E-state index contributed by atoms with van der Waals surface area (Å²) in [6, 6.07) is 7.04. The number of allylic oxidation sites excluding steroid dienone is 1. The Kier molecular flexibility index (Phi) is 13.4. The first-order chi connectivity index (χ1) is 31.3. The van der Waals surface area contributed by atoms with Gasteiger partial charge < -0.3 is 24.0 Å². The minimum absolute atomic E-state index is 0.0346. The molecule has 4 saturated carbocycles.